The lowest BCUT2D eigenvalue weighted by molar-refractivity contribution is -0.139. The van der Waals surface area contributed by atoms with Gasteiger partial charge in [-0.05, 0) is 53.0 Å². The lowest BCUT2D eigenvalue weighted by Gasteiger charge is -2.18. The molecule has 0 saturated heterocycles. The minimum Gasteiger partial charge on any atom is -0.489 e. The Kier molecular flexibility index (Phi) is 7.81. The predicted octanol–water partition coefficient (Wildman–Crippen LogP) is 5.37. The molecule has 1 unspecified atom stereocenters. The number of carbonyl (C=O) groups is 1. The lowest BCUT2D eigenvalue weighted by atomic mass is 10.0. The second kappa shape index (κ2) is 10.5. The third kappa shape index (κ3) is 5.89. The molecule has 3 aromatic rings. The van der Waals surface area contributed by atoms with E-state index in [4.69, 9.17) is 16.3 Å². The Morgan fingerprint density at radius 2 is 1.90 bits per heavy atom. The number of ether oxygens (including phenoxy) is 1. The molecule has 0 radical (unpaired) electrons. The van der Waals surface area contributed by atoms with Crippen LogP contribution in [0.25, 0.3) is 10.8 Å². The minimum atomic E-state index is -0.831. The van der Waals surface area contributed by atoms with Gasteiger partial charge in [0.15, 0.2) is 0 Å². The molecule has 29 heavy (non-hydrogen) atoms. The van der Waals surface area contributed by atoms with Crippen molar-refractivity contribution >= 4 is 40.1 Å². The second-order valence-electron chi connectivity index (χ2n) is 6.73. The van der Waals surface area contributed by atoms with Gasteiger partial charge in [0.05, 0.1) is 0 Å². The van der Waals surface area contributed by atoms with Gasteiger partial charge < -0.3 is 15.2 Å². The zero-order valence-electron chi connectivity index (χ0n) is 16.2. The van der Waals surface area contributed by atoms with Crippen molar-refractivity contribution in [3.05, 3.63) is 76.8 Å². The summed E-state index contributed by atoms with van der Waals surface area (Å²) in [4.78, 5) is 11.6. The number of hydrogen-bond acceptors (Lipinski definition) is 4. The summed E-state index contributed by atoms with van der Waals surface area (Å²) < 4.78 is 6.11. The van der Waals surface area contributed by atoms with E-state index in [1.807, 2.05) is 66.9 Å². The maximum atomic E-state index is 11.6. The smallest absolute Gasteiger partial charge is 0.320 e. The molecule has 0 spiro atoms. The van der Waals surface area contributed by atoms with Crippen LogP contribution in [-0.4, -0.2) is 29.1 Å². The number of rotatable bonds is 10. The number of fused-ring (bicyclic) bond motifs is 1. The van der Waals surface area contributed by atoms with Gasteiger partial charge in [-0.3, -0.25) is 4.79 Å². The molecule has 0 aliphatic carbocycles. The maximum absolute atomic E-state index is 11.6. The molecule has 0 aromatic heterocycles. The predicted molar refractivity (Wildman–Crippen MR) is 121 cm³/mol. The average molecular weight is 430 g/mol. The van der Waals surface area contributed by atoms with Gasteiger partial charge in [0.25, 0.3) is 0 Å². The van der Waals surface area contributed by atoms with Crippen LogP contribution in [0, 0.1) is 0 Å². The van der Waals surface area contributed by atoms with Crippen LogP contribution in [0.3, 0.4) is 0 Å². The van der Waals surface area contributed by atoms with E-state index in [1.54, 1.807) is 11.8 Å². The highest BCUT2D eigenvalue weighted by molar-refractivity contribution is 7.98. The third-order valence-corrected chi connectivity index (χ3v) is 5.64. The van der Waals surface area contributed by atoms with E-state index in [1.165, 1.54) is 0 Å². The number of carboxylic acid groups (broad SMARTS) is 1. The third-order valence-electron chi connectivity index (χ3n) is 4.74. The fraction of sp³-hybridized carbons (Fsp3) is 0.261. The van der Waals surface area contributed by atoms with Gasteiger partial charge in [0, 0.05) is 17.1 Å². The molecule has 0 bridgehead atoms. The molecule has 0 aliphatic rings. The van der Waals surface area contributed by atoms with Crippen LogP contribution in [0.1, 0.15) is 17.5 Å². The number of nitrogens with one attached hydrogen (secondary N) is 1. The molecule has 3 aromatic carbocycles. The monoisotopic (exact) mass is 429 g/mol. The van der Waals surface area contributed by atoms with Crippen LogP contribution in [0.5, 0.6) is 5.75 Å². The van der Waals surface area contributed by atoms with Crippen LogP contribution in [0.4, 0.5) is 0 Å². The number of aliphatic carboxylic acids is 1. The van der Waals surface area contributed by atoms with Gasteiger partial charge >= 0.3 is 5.97 Å². The standard InChI is InChI=1S/C23H24ClNO3S/c1-29-13-12-21(23(26)27)25-14-20-19-5-3-2-4-17(19)8-11-22(20)28-15-16-6-9-18(24)10-7-16/h2-11,21,25H,12-15H2,1H3,(H,26,27). The SMILES string of the molecule is CSCCC(NCc1c(OCc2ccc(Cl)cc2)ccc2ccccc12)C(=O)O. The molecule has 2 N–H and O–H groups in total. The molecule has 0 fully saturated rings. The zero-order chi connectivity index (χ0) is 20.6. The Bertz CT molecular complexity index is 962. The number of halogens is 1. The molecule has 3 rings (SSSR count). The van der Waals surface area contributed by atoms with E-state index in [0.717, 1.165) is 33.4 Å². The summed E-state index contributed by atoms with van der Waals surface area (Å²) >= 11 is 7.60. The zero-order valence-corrected chi connectivity index (χ0v) is 17.8. The summed E-state index contributed by atoms with van der Waals surface area (Å²) in [5.74, 6) is 0.711. The number of hydrogen-bond donors (Lipinski definition) is 2. The topological polar surface area (TPSA) is 58.6 Å². The molecule has 0 heterocycles. The molecule has 6 heteroatoms. The van der Waals surface area contributed by atoms with E-state index in [0.29, 0.717) is 24.6 Å². The minimum absolute atomic E-state index is 0.414. The van der Waals surface area contributed by atoms with Gasteiger partial charge in [0.1, 0.15) is 18.4 Å². The summed E-state index contributed by atoms with van der Waals surface area (Å²) in [6.07, 6.45) is 2.55. The van der Waals surface area contributed by atoms with Crippen molar-refractivity contribution in [1.29, 1.82) is 0 Å². The van der Waals surface area contributed by atoms with Crippen molar-refractivity contribution in [3.8, 4) is 5.75 Å². The molecule has 4 nitrogen and oxygen atoms in total. The van der Waals surface area contributed by atoms with Crippen LogP contribution < -0.4 is 10.1 Å². The van der Waals surface area contributed by atoms with Crippen molar-refractivity contribution in [2.24, 2.45) is 0 Å². The number of thioether (sulfide) groups is 1. The van der Waals surface area contributed by atoms with Crippen LogP contribution in [0.15, 0.2) is 60.7 Å². The molecular weight excluding hydrogens is 406 g/mol. The molecule has 0 saturated carbocycles. The van der Waals surface area contributed by atoms with Crippen molar-refractivity contribution in [1.82, 2.24) is 5.32 Å². The molecule has 0 aliphatic heterocycles. The van der Waals surface area contributed by atoms with Gasteiger partial charge in [0.2, 0.25) is 0 Å². The van der Waals surface area contributed by atoms with Gasteiger partial charge in [-0.2, -0.15) is 11.8 Å². The van der Waals surface area contributed by atoms with E-state index < -0.39 is 12.0 Å². The van der Waals surface area contributed by atoms with Gasteiger partial charge in [-0.25, -0.2) is 0 Å². The average Bonchev–Trinajstić information content (AvgIpc) is 2.73. The summed E-state index contributed by atoms with van der Waals surface area (Å²) in [7, 11) is 0. The summed E-state index contributed by atoms with van der Waals surface area (Å²) in [6, 6.07) is 19.0. The Hall–Kier alpha value is -2.21. The molecule has 152 valence electrons. The van der Waals surface area contributed by atoms with Crippen molar-refractivity contribution in [3.63, 3.8) is 0 Å². The molecule has 1 atom stereocenters. The fourth-order valence-corrected chi connectivity index (χ4v) is 3.75. The van der Waals surface area contributed by atoms with Crippen LogP contribution in [0.2, 0.25) is 5.02 Å². The second-order valence-corrected chi connectivity index (χ2v) is 8.15. The van der Waals surface area contributed by atoms with E-state index in [-0.39, 0.29) is 0 Å². The highest BCUT2D eigenvalue weighted by Gasteiger charge is 2.18. The first kappa shape index (κ1) is 21.5. The van der Waals surface area contributed by atoms with Gasteiger partial charge in [-0.15, -0.1) is 0 Å². The van der Waals surface area contributed by atoms with Crippen LogP contribution >= 0.6 is 23.4 Å². The number of benzene rings is 3. The maximum Gasteiger partial charge on any atom is 0.320 e. The summed E-state index contributed by atoms with van der Waals surface area (Å²) in [5, 5.41) is 15.6. The largest absolute Gasteiger partial charge is 0.489 e. The molecule has 0 amide bonds. The highest BCUT2D eigenvalue weighted by atomic mass is 35.5. The van der Waals surface area contributed by atoms with E-state index in [9.17, 15) is 9.90 Å². The van der Waals surface area contributed by atoms with Crippen molar-refractivity contribution in [2.45, 2.75) is 25.6 Å². The van der Waals surface area contributed by atoms with E-state index >= 15 is 0 Å². The van der Waals surface area contributed by atoms with Crippen molar-refractivity contribution < 1.29 is 14.6 Å². The summed E-state index contributed by atoms with van der Waals surface area (Å²) in [6.45, 7) is 0.833. The Balaban J connectivity index is 1.83. The first-order chi connectivity index (χ1) is 14.1. The summed E-state index contributed by atoms with van der Waals surface area (Å²) in [5.41, 5.74) is 1.98. The normalized spacial score (nSPS) is 12.1. The van der Waals surface area contributed by atoms with E-state index in [2.05, 4.69) is 5.32 Å². The van der Waals surface area contributed by atoms with Crippen molar-refractivity contribution in [2.75, 3.05) is 12.0 Å². The highest BCUT2D eigenvalue weighted by Crippen LogP contribution is 2.29. The Labute approximate surface area is 180 Å². The van der Waals surface area contributed by atoms with Gasteiger partial charge in [-0.1, -0.05) is 54.1 Å². The molecular formula is C23H24ClNO3S. The fourth-order valence-electron chi connectivity index (χ4n) is 3.15. The quantitative estimate of drug-likeness (QED) is 0.453. The Morgan fingerprint density at radius 3 is 2.62 bits per heavy atom. The first-order valence-electron chi connectivity index (χ1n) is 9.41. The first-order valence-corrected chi connectivity index (χ1v) is 11.2. The number of carboxylic acids is 1. The lowest BCUT2D eigenvalue weighted by Crippen LogP contribution is -2.36. The van der Waals surface area contributed by atoms with Crippen LogP contribution in [-0.2, 0) is 17.9 Å². The Morgan fingerprint density at radius 1 is 1.14 bits per heavy atom.